The van der Waals surface area contributed by atoms with Gasteiger partial charge in [0.15, 0.2) is 17.7 Å². The number of ether oxygens (including phenoxy) is 1. The van der Waals surface area contributed by atoms with E-state index in [0.29, 0.717) is 5.75 Å². The van der Waals surface area contributed by atoms with E-state index in [-0.39, 0.29) is 5.75 Å². The van der Waals surface area contributed by atoms with Crippen molar-refractivity contribution in [3.8, 4) is 11.5 Å². The van der Waals surface area contributed by atoms with E-state index in [1.165, 1.54) is 7.11 Å². The first-order valence-electron chi connectivity index (χ1n) is 5.70. The Morgan fingerprint density at radius 2 is 2.00 bits per heavy atom. The third kappa shape index (κ3) is 2.69. The molecule has 1 heterocycles. The van der Waals surface area contributed by atoms with Gasteiger partial charge < -0.3 is 9.84 Å². The molecule has 2 aromatic rings. The number of phenolic OH excluding ortho intramolecular Hbond substituents is 1. The molecule has 1 aromatic heterocycles. The van der Waals surface area contributed by atoms with E-state index in [1.807, 2.05) is 54.2 Å². The van der Waals surface area contributed by atoms with Crippen LogP contribution in [0.5, 0.6) is 11.5 Å². The second kappa shape index (κ2) is 5.36. The quantitative estimate of drug-likeness (QED) is 0.838. The number of phenols is 1. The van der Waals surface area contributed by atoms with E-state index in [4.69, 9.17) is 4.74 Å². The maximum absolute atomic E-state index is 9.68. The first-order valence-corrected chi connectivity index (χ1v) is 5.70. The molecule has 0 saturated heterocycles. The van der Waals surface area contributed by atoms with Crippen molar-refractivity contribution < 1.29 is 14.4 Å². The zero-order valence-electron chi connectivity index (χ0n) is 10.5. The lowest BCUT2D eigenvalue weighted by molar-refractivity contribution is -0.673. The number of hydrogen-bond donors (Lipinski definition) is 1. The van der Waals surface area contributed by atoms with Crippen molar-refractivity contribution >= 4 is 12.2 Å². The number of hydrogen-bond acceptors (Lipinski definition) is 2. The molecule has 0 amide bonds. The maximum atomic E-state index is 9.68. The highest BCUT2D eigenvalue weighted by Crippen LogP contribution is 2.26. The largest absolute Gasteiger partial charge is 0.504 e. The summed E-state index contributed by atoms with van der Waals surface area (Å²) in [5.41, 5.74) is 2.02. The molecule has 0 atom stereocenters. The molecule has 18 heavy (non-hydrogen) atoms. The fourth-order valence-corrected chi connectivity index (χ4v) is 1.70. The van der Waals surface area contributed by atoms with Crippen LogP contribution in [0.3, 0.4) is 0 Å². The molecule has 0 fully saturated rings. The van der Waals surface area contributed by atoms with Crippen LogP contribution < -0.4 is 9.30 Å². The molecule has 0 spiro atoms. The summed E-state index contributed by atoms with van der Waals surface area (Å²) in [6, 6.07) is 11.3. The number of pyridine rings is 1. The average molecular weight is 242 g/mol. The molecule has 0 aliphatic heterocycles. The van der Waals surface area contributed by atoms with Crippen LogP contribution in [0, 0.1) is 0 Å². The van der Waals surface area contributed by atoms with Crippen LogP contribution in [0.1, 0.15) is 11.3 Å². The lowest BCUT2D eigenvalue weighted by atomic mass is 10.1. The first-order chi connectivity index (χ1) is 8.70. The number of benzene rings is 1. The minimum Gasteiger partial charge on any atom is -0.504 e. The fraction of sp³-hybridized carbons (Fsp3) is 0.133. The van der Waals surface area contributed by atoms with E-state index in [9.17, 15) is 5.11 Å². The van der Waals surface area contributed by atoms with Crippen molar-refractivity contribution in [1.29, 1.82) is 0 Å². The zero-order valence-corrected chi connectivity index (χ0v) is 10.5. The number of nitrogens with zero attached hydrogens (tertiary/aromatic N) is 1. The number of aromatic hydroxyl groups is 1. The predicted molar refractivity (Wildman–Crippen MR) is 71.2 cm³/mol. The Morgan fingerprint density at radius 3 is 2.67 bits per heavy atom. The third-order valence-corrected chi connectivity index (χ3v) is 2.74. The summed E-state index contributed by atoms with van der Waals surface area (Å²) in [6.45, 7) is 0. The third-order valence-electron chi connectivity index (χ3n) is 2.74. The van der Waals surface area contributed by atoms with E-state index in [0.717, 1.165) is 11.3 Å². The summed E-state index contributed by atoms with van der Waals surface area (Å²) in [5.74, 6) is 0.634. The standard InChI is InChI=1S/C15H15NO2/c1-16-10-4-3-5-13(16)8-6-12-7-9-15(18-2)14(17)11-12/h3-11H,1-2H3/p+1/b8-6+. The molecule has 0 saturated carbocycles. The lowest BCUT2D eigenvalue weighted by Gasteiger charge is -2.03. The van der Waals surface area contributed by atoms with Crippen LogP contribution >= 0.6 is 0 Å². The van der Waals surface area contributed by atoms with Gasteiger partial charge in [-0.25, -0.2) is 4.57 Å². The van der Waals surface area contributed by atoms with E-state index in [2.05, 4.69) is 0 Å². The van der Waals surface area contributed by atoms with Crippen LogP contribution in [-0.2, 0) is 7.05 Å². The van der Waals surface area contributed by atoms with Crippen molar-refractivity contribution in [1.82, 2.24) is 0 Å². The molecule has 0 aliphatic carbocycles. The number of aryl methyl sites for hydroxylation is 1. The van der Waals surface area contributed by atoms with Crippen LogP contribution in [0.2, 0.25) is 0 Å². The Bertz CT molecular complexity index is 576. The van der Waals surface area contributed by atoms with Gasteiger partial charge in [-0.2, -0.15) is 0 Å². The SMILES string of the molecule is COc1ccc(/C=C/c2cccc[n+]2C)cc1O. The number of methoxy groups -OCH3 is 1. The molecule has 0 unspecified atom stereocenters. The second-order valence-electron chi connectivity index (χ2n) is 4.00. The number of aromatic nitrogens is 1. The summed E-state index contributed by atoms with van der Waals surface area (Å²) >= 11 is 0. The van der Waals surface area contributed by atoms with Crippen molar-refractivity contribution in [3.63, 3.8) is 0 Å². The summed E-state index contributed by atoms with van der Waals surface area (Å²) in [7, 11) is 3.53. The Hall–Kier alpha value is -2.29. The molecular weight excluding hydrogens is 226 g/mol. The first kappa shape index (κ1) is 12.2. The molecule has 0 radical (unpaired) electrons. The Kier molecular flexibility index (Phi) is 3.63. The van der Waals surface area contributed by atoms with Gasteiger partial charge in [0.05, 0.1) is 7.11 Å². The van der Waals surface area contributed by atoms with Gasteiger partial charge in [-0.1, -0.05) is 6.07 Å². The molecule has 0 bridgehead atoms. The van der Waals surface area contributed by atoms with Gasteiger partial charge in [-0.3, -0.25) is 0 Å². The maximum Gasteiger partial charge on any atom is 0.204 e. The van der Waals surface area contributed by atoms with Crippen LogP contribution in [-0.4, -0.2) is 12.2 Å². The summed E-state index contributed by atoms with van der Waals surface area (Å²) in [5, 5.41) is 9.68. The highest BCUT2D eigenvalue weighted by atomic mass is 16.5. The zero-order chi connectivity index (χ0) is 13.0. The van der Waals surface area contributed by atoms with Gasteiger partial charge in [0.1, 0.15) is 7.05 Å². The second-order valence-corrected chi connectivity index (χ2v) is 4.00. The molecule has 3 nitrogen and oxygen atoms in total. The van der Waals surface area contributed by atoms with Gasteiger partial charge in [0.25, 0.3) is 0 Å². The van der Waals surface area contributed by atoms with E-state index in [1.54, 1.807) is 12.1 Å². The normalized spacial score (nSPS) is 10.8. The van der Waals surface area contributed by atoms with Gasteiger partial charge in [-0.15, -0.1) is 0 Å². The molecule has 2 rings (SSSR count). The highest BCUT2D eigenvalue weighted by molar-refractivity contribution is 5.68. The molecule has 0 aliphatic rings. The van der Waals surface area contributed by atoms with E-state index < -0.39 is 0 Å². The molecular formula is C15H16NO2+. The van der Waals surface area contributed by atoms with Gasteiger partial charge in [0, 0.05) is 18.2 Å². The van der Waals surface area contributed by atoms with E-state index >= 15 is 0 Å². The van der Waals surface area contributed by atoms with Crippen LogP contribution in [0.15, 0.2) is 42.6 Å². The molecule has 3 heteroatoms. The highest BCUT2D eigenvalue weighted by Gasteiger charge is 2.02. The van der Waals surface area contributed by atoms with Crippen molar-refractivity contribution in [2.24, 2.45) is 7.05 Å². The minimum atomic E-state index is 0.150. The van der Waals surface area contributed by atoms with Crippen molar-refractivity contribution in [2.45, 2.75) is 0 Å². The van der Waals surface area contributed by atoms with Gasteiger partial charge >= 0.3 is 0 Å². The van der Waals surface area contributed by atoms with Crippen LogP contribution in [0.25, 0.3) is 12.2 Å². The Balaban J connectivity index is 2.24. The van der Waals surface area contributed by atoms with Crippen molar-refractivity contribution in [3.05, 3.63) is 53.9 Å². The molecule has 92 valence electrons. The topological polar surface area (TPSA) is 33.3 Å². The monoisotopic (exact) mass is 242 g/mol. The molecule has 1 N–H and O–H groups in total. The summed E-state index contributed by atoms with van der Waals surface area (Å²) in [6.07, 6.45) is 5.95. The smallest absolute Gasteiger partial charge is 0.204 e. The Morgan fingerprint density at radius 1 is 1.17 bits per heavy atom. The minimum absolute atomic E-state index is 0.150. The van der Waals surface area contributed by atoms with Crippen molar-refractivity contribution in [2.75, 3.05) is 7.11 Å². The summed E-state index contributed by atoms with van der Waals surface area (Å²) < 4.78 is 7.03. The number of rotatable bonds is 3. The van der Waals surface area contributed by atoms with Gasteiger partial charge in [0.2, 0.25) is 5.69 Å². The van der Waals surface area contributed by atoms with Gasteiger partial charge in [-0.05, 0) is 29.8 Å². The van der Waals surface area contributed by atoms with Crippen LogP contribution in [0.4, 0.5) is 0 Å². The summed E-state index contributed by atoms with van der Waals surface area (Å²) in [4.78, 5) is 0. The fourth-order valence-electron chi connectivity index (χ4n) is 1.70. The lowest BCUT2D eigenvalue weighted by Crippen LogP contribution is -2.30. The average Bonchev–Trinajstić information content (AvgIpc) is 2.38. The Labute approximate surface area is 107 Å². The predicted octanol–water partition coefficient (Wildman–Crippen LogP) is 2.40. The molecule has 1 aromatic carbocycles.